The summed E-state index contributed by atoms with van der Waals surface area (Å²) in [6.45, 7) is 7.68. The molecule has 0 aromatic heterocycles. The first-order chi connectivity index (χ1) is 6.49. The number of hydrogen-bond acceptors (Lipinski definition) is 4. The summed E-state index contributed by atoms with van der Waals surface area (Å²) in [5.74, 6) is -0.266. The molecule has 0 fully saturated rings. The monoisotopic (exact) mass is 204 g/mol. The number of carbonyl (C=O) groups is 2. The molecular formula is C10H20O4. The van der Waals surface area contributed by atoms with E-state index in [4.69, 9.17) is 0 Å². The third-order valence-electron chi connectivity index (χ3n) is 1.27. The van der Waals surface area contributed by atoms with E-state index >= 15 is 0 Å². The van der Waals surface area contributed by atoms with Crippen molar-refractivity contribution in [3.8, 4) is 0 Å². The molecule has 0 heterocycles. The van der Waals surface area contributed by atoms with Gasteiger partial charge in [-0.1, -0.05) is 20.8 Å². The molecule has 0 N–H and O–H groups in total. The Morgan fingerprint density at radius 2 is 1.71 bits per heavy atom. The van der Waals surface area contributed by atoms with Crippen molar-refractivity contribution in [2.75, 3.05) is 13.7 Å². The third-order valence-corrected chi connectivity index (χ3v) is 1.27. The molecule has 0 aliphatic rings. The number of carbonyl (C=O) groups excluding carboxylic acids is 2. The number of hydrogen-bond donors (Lipinski definition) is 0. The van der Waals surface area contributed by atoms with E-state index in [1.807, 2.05) is 13.8 Å². The van der Waals surface area contributed by atoms with Crippen molar-refractivity contribution >= 4 is 11.9 Å². The Hall–Kier alpha value is -1.06. The zero-order chi connectivity index (χ0) is 11.6. The van der Waals surface area contributed by atoms with E-state index in [1.54, 1.807) is 13.8 Å². The molecule has 0 atom stereocenters. The molecule has 0 unspecified atom stereocenters. The molecule has 4 heteroatoms. The first-order valence-electron chi connectivity index (χ1n) is 4.72. The zero-order valence-corrected chi connectivity index (χ0v) is 9.62. The number of esters is 2. The van der Waals surface area contributed by atoms with Crippen molar-refractivity contribution in [2.45, 2.75) is 34.1 Å². The average Bonchev–Trinajstić information content (AvgIpc) is 2.18. The molecule has 0 rings (SSSR count). The van der Waals surface area contributed by atoms with Crippen LogP contribution in [-0.4, -0.2) is 25.7 Å². The molecule has 0 spiro atoms. The highest BCUT2D eigenvalue weighted by Crippen LogP contribution is 1.93. The van der Waals surface area contributed by atoms with Crippen molar-refractivity contribution in [2.24, 2.45) is 5.92 Å². The predicted octanol–water partition coefficient (Wildman–Crippen LogP) is 1.77. The number of rotatable bonds is 3. The first kappa shape index (κ1) is 15.4. The molecule has 0 saturated heterocycles. The van der Waals surface area contributed by atoms with Gasteiger partial charge in [-0.2, -0.15) is 0 Å². The molecule has 14 heavy (non-hydrogen) atoms. The van der Waals surface area contributed by atoms with Gasteiger partial charge in [0.05, 0.1) is 19.6 Å². The summed E-state index contributed by atoms with van der Waals surface area (Å²) >= 11 is 0. The van der Waals surface area contributed by atoms with E-state index in [-0.39, 0.29) is 17.9 Å². The van der Waals surface area contributed by atoms with Crippen LogP contribution < -0.4 is 0 Å². The lowest BCUT2D eigenvalue weighted by molar-refractivity contribution is -0.146. The third kappa shape index (κ3) is 10.9. The number of ether oxygens (including phenoxy) is 2. The molecule has 0 saturated carbocycles. The maximum absolute atomic E-state index is 10.5. The average molecular weight is 204 g/mol. The quantitative estimate of drug-likeness (QED) is 0.657. The Labute approximate surface area is 85.6 Å². The van der Waals surface area contributed by atoms with E-state index in [0.717, 1.165) is 0 Å². The van der Waals surface area contributed by atoms with Crippen LogP contribution in [0.5, 0.6) is 0 Å². The van der Waals surface area contributed by atoms with Gasteiger partial charge in [0.25, 0.3) is 0 Å². The van der Waals surface area contributed by atoms with E-state index in [2.05, 4.69) is 9.47 Å². The number of methoxy groups -OCH3 is 1. The van der Waals surface area contributed by atoms with E-state index < -0.39 is 0 Å². The van der Waals surface area contributed by atoms with Crippen LogP contribution in [0.3, 0.4) is 0 Å². The second-order valence-corrected chi connectivity index (χ2v) is 2.84. The summed E-state index contributed by atoms with van der Waals surface area (Å²) in [7, 11) is 1.38. The molecule has 0 aliphatic carbocycles. The fourth-order valence-corrected chi connectivity index (χ4v) is 0.453. The van der Waals surface area contributed by atoms with Gasteiger partial charge < -0.3 is 9.47 Å². The second kappa shape index (κ2) is 10.0. The lowest BCUT2D eigenvalue weighted by Crippen LogP contribution is -2.10. The molecule has 0 aromatic rings. The molecule has 4 nitrogen and oxygen atoms in total. The maximum atomic E-state index is 10.5. The van der Waals surface area contributed by atoms with Crippen molar-refractivity contribution in [3.05, 3.63) is 0 Å². The summed E-state index contributed by atoms with van der Waals surface area (Å²) in [5.41, 5.74) is 0. The molecular weight excluding hydrogens is 184 g/mol. The Kier molecular flexibility index (Phi) is 11.0. The van der Waals surface area contributed by atoms with Crippen LogP contribution in [0.25, 0.3) is 0 Å². The topological polar surface area (TPSA) is 52.6 Å². The van der Waals surface area contributed by atoms with Gasteiger partial charge in [-0.15, -0.1) is 0 Å². The van der Waals surface area contributed by atoms with E-state index in [1.165, 1.54) is 7.11 Å². The second-order valence-electron chi connectivity index (χ2n) is 2.84. The van der Waals surface area contributed by atoms with Gasteiger partial charge in [0.15, 0.2) is 0 Å². The molecule has 0 aromatic carbocycles. The standard InChI is InChI=1S/C6H12O2.C4H8O2/c1-4-8-6(7)5(2)3;1-3-4(5)6-2/h5H,4H2,1-3H3;3H2,1-2H3. The largest absolute Gasteiger partial charge is 0.469 e. The summed E-state index contributed by atoms with van der Waals surface area (Å²) in [6, 6.07) is 0. The van der Waals surface area contributed by atoms with Gasteiger partial charge in [0.1, 0.15) is 0 Å². The smallest absolute Gasteiger partial charge is 0.308 e. The Morgan fingerprint density at radius 3 is 1.79 bits per heavy atom. The summed E-state index contributed by atoms with van der Waals surface area (Å²) in [4.78, 5) is 20.5. The Morgan fingerprint density at radius 1 is 1.21 bits per heavy atom. The molecule has 0 bridgehead atoms. The summed E-state index contributed by atoms with van der Waals surface area (Å²) in [6.07, 6.45) is 0.469. The highest BCUT2D eigenvalue weighted by molar-refractivity contribution is 5.71. The van der Waals surface area contributed by atoms with Gasteiger partial charge >= 0.3 is 11.9 Å². The summed E-state index contributed by atoms with van der Waals surface area (Å²) in [5, 5.41) is 0. The fourth-order valence-electron chi connectivity index (χ4n) is 0.453. The van der Waals surface area contributed by atoms with Gasteiger partial charge in [0, 0.05) is 6.42 Å². The molecule has 0 radical (unpaired) electrons. The zero-order valence-electron chi connectivity index (χ0n) is 9.62. The van der Waals surface area contributed by atoms with Gasteiger partial charge in [-0.25, -0.2) is 0 Å². The van der Waals surface area contributed by atoms with Crippen LogP contribution in [0.2, 0.25) is 0 Å². The molecule has 0 amide bonds. The SMILES string of the molecule is CCC(=O)OC.CCOC(=O)C(C)C. The Bertz CT molecular complexity index is 158. The van der Waals surface area contributed by atoms with Crippen LogP contribution in [0.4, 0.5) is 0 Å². The van der Waals surface area contributed by atoms with E-state index in [0.29, 0.717) is 13.0 Å². The minimum absolute atomic E-state index is 0.00921. The van der Waals surface area contributed by atoms with Crippen LogP contribution in [0.1, 0.15) is 34.1 Å². The fraction of sp³-hybridized carbons (Fsp3) is 0.800. The minimum atomic E-state index is -0.157. The van der Waals surface area contributed by atoms with E-state index in [9.17, 15) is 9.59 Å². The lowest BCUT2D eigenvalue weighted by Gasteiger charge is -2.01. The Balaban J connectivity index is 0. The normalized spacial score (nSPS) is 8.71. The van der Waals surface area contributed by atoms with Crippen molar-refractivity contribution < 1.29 is 19.1 Å². The van der Waals surface area contributed by atoms with Gasteiger partial charge in [-0.3, -0.25) is 9.59 Å². The van der Waals surface area contributed by atoms with Crippen molar-refractivity contribution in [1.29, 1.82) is 0 Å². The molecule has 0 aliphatic heterocycles. The highest BCUT2D eigenvalue weighted by Gasteiger charge is 2.04. The van der Waals surface area contributed by atoms with Crippen LogP contribution >= 0.6 is 0 Å². The van der Waals surface area contributed by atoms with Crippen LogP contribution in [-0.2, 0) is 19.1 Å². The van der Waals surface area contributed by atoms with Crippen LogP contribution in [0.15, 0.2) is 0 Å². The van der Waals surface area contributed by atoms with Gasteiger partial charge in [-0.05, 0) is 6.92 Å². The summed E-state index contributed by atoms with van der Waals surface area (Å²) < 4.78 is 8.92. The first-order valence-corrected chi connectivity index (χ1v) is 4.72. The van der Waals surface area contributed by atoms with Crippen molar-refractivity contribution in [3.63, 3.8) is 0 Å². The predicted molar refractivity (Wildman–Crippen MR) is 53.8 cm³/mol. The van der Waals surface area contributed by atoms with Crippen LogP contribution in [0, 0.1) is 5.92 Å². The minimum Gasteiger partial charge on any atom is -0.469 e. The lowest BCUT2D eigenvalue weighted by atomic mass is 10.2. The molecule has 84 valence electrons. The highest BCUT2D eigenvalue weighted by atomic mass is 16.5. The van der Waals surface area contributed by atoms with Gasteiger partial charge in [0.2, 0.25) is 0 Å². The van der Waals surface area contributed by atoms with Crippen molar-refractivity contribution in [1.82, 2.24) is 0 Å². The maximum Gasteiger partial charge on any atom is 0.308 e.